The number of unbranched alkanes of at least 4 members (excludes halogenated alkanes) is 6. The van der Waals surface area contributed by atoms with E-state index < -0.39 is 35.2 Å². The maximum Gasteiger partial charge on any atom is 0.336 e. The molecule has 204 valence electrons. The van der Waals surface area contributed by atoms with Crippen LogP contribution in [0.5, 0.6) is 0 Å². The molecule has 8 nitrogen and oxygen atoms in total. The minimum Gasteiger partial charge on any atom is -0.465 e. The minimum atomic E-state index is -2.55. The number of carbonyl (C=O) groups is 4. The molecule has 0 aliphatic rings. The van der Waals surface area contributed by atoms with Crippen LogP contribution < -0.4 is 0 Å². The van der Waals surface area contributed by atoms with Crippen molar-refractivity contribution < 1.29 is 38.1 Å². The summed E-state index contributed by atoms with van der Waals surface area (Å²) in [5, 5.41) is 0. The largest absolute Gasteiger partial charge is 0.465 e. The Kier molecular flexibility index (Phi) is 18.9. The molecule has 1 atom stereocenters. The molecule has 1 unspecified atom stereocenters. The van der Waals surface area contributed by atoms with Crippen LogP contribution in [-0.4, -0.2) is 50.3 Å². The first-order chi connectivity index (χ1) is 16.9. The number of ether oxygens (including phenoxy) is 4. The minimum absolute atomic E-state index is 0.0220. The summed E-state index contributed by atoms with van der Waals surface area (Å²) < 4.78 is 21.7. The third-order valence-electron chi connectivity index (χ3n) is 5.80. The molecular weight excluding hydrogens is 452 g/mol. The maximum absolute atomic E-state index is 13.6. The van der Waals surface area contributed by atoms with E-state index in [1.165, 1.54) is 0 Å². The topological polar surface area (TPSA) is 105 Å². The maximum atomic E-state index is 13.6. The standard InChI is InChI=1S/C27H48O8/c1-6-11-16-17-22(23(28)32-18-12-7-2)27(24(29)33-19-13-8-3,25(30)34-20-14-9-4)26(31)35-21-15-10-5/h22H,6-21H2,1-5H3. The highest BCUT2D eigenvalue weighted by atomic mass is 16.6. The molecule has 0 aliphatic heterocycles. The van der Waals surface area contributed by atoms with Crippen molar-refractivity contribution in [2.75, 3.05) is 26.4 Å². The van der Waals surface area contributed by atoms with Crippen molar-refractivity contribution in [3.63, 3.8) is 0 Å². The summed E-state index contributed by atoms with van der Waals surface area (Å²) >= 11 is 0. The van der Waals surface area contributed by atoms with Crippen LogP contribution in [0.1, 0.15) is 112 Å². The Labute approximate surface area is 211 Å². The second kappa shape index (κ2) is 20.1. The van der Waals surface area contributed by atoms with Crippen molar-refractivity contribution in [3.8, 4) is 0 Å². The number of hydrogen-bond acceptors (Lipinski definition) is 8. The van der Waals surface area contributed by atoms with Crippen LogP contribution in [0.4, 0.5) is 0 Å². The zero-order chi connectivity index (χ0) is 26.5. The highest BCUT2D eigenvalue weighted by Crippen LogP contribution is 2.38. The summed E-state index contributed by atoms with van der Waals surface area (Å²) in [4.78, 5) is 54.0. The van der Waals surface area contributed by atoms with E-state index in [2.05, 4.69) is 0 Å². The van der Waals surface area contributed by atoms with Crippen molar-refractivity contribution >= 4 is 23.9 Å². The van der Waals surface area contributed by atoms with E-state index >= 15 is 0 Å². The number of hydrogen-bond donors (Lipinski definition) is 0. The van der Waals surface area contributed by atoms with Crippen molar-refractivity contribution in [2.45, 2.75) is 112 Å². The second-order valence-corrected chi connectivity index (χ2v) is 8.85. The molecule has 0 aromatic rings. The Morgan fingerprint density at radius 1 is 0.514 bits per heavy atom. The summed E-state index contributed by atoms with van der Waals surface area (Å²) in [6, 6.07) is 0. The lowest BCUT2D eigenvalue weighted by Gasteiger charge is -2.33. The molecule has 0 saturated heterocycles. The average molecular weight is 501 g/mol. The van der Waals surface area contributed by atoms with Crippen LogP contribution in [0.2, 0.25) is 0 Å². The SMILES string of the molecule is CCCCCC(C(=O)OCCCC)C(C(=O)OCCCC)(C(=O)OCCCC)C(=O)OCCCC. The number of esters is 4. The van der Waals surface area contributed by atoms with Gasteiger partial charge in [-0.05, 0) is 32.1 Å². The fraction of sp³-hybridized carbons (Fsp3) is 0.852. The van der Waals surface area contributed by atoms with Gasteiger partial charge in [-0.3, -0.25) is 19.2 Å². The van der Waals surface area contributed by atoms with Crippen LogP contribution >= 0.6 is 0 Å². The van der Waals surface area contributed by atoms with E-state index in [0.717, 1.165) is 38.5 Å². The Morgan fingerprint density at radius 2 is 0.857 bits per heavy atom. The van der Waals surface area contributed by atoms with E-state index in [4.69, 9.17) is 18.9 Å². The summed E-state index contributed by atoms with van der Waals surface area (Å²) in [6.07, 6.45) is 7.59. The molecule has 0 fully saturated rings. The Balaban J connectivity index is 6.53. The van der Waals surface area contributed by atoms with Gasteiger partial charge in [-0.15, -0.1) is 0 Å². The molecule has 0 N–H and O–H groups in total. The molecule has 0 aromatic heterocycles. The number of carbonyl (C=O) groups excluding carboxylic acids is 4. The van der Waals surface area contributed by atoms with Gasteiger partial charge in [-0.2, -0.15) is 0 Å². The Bertz CT molecular complexity index is 561. The number of rotatable bonds is 21. The molecule has 0 rings (SSSR count). The fourth-order valence-electron chi connectivity index (χ4n) is 3.47. The van der Waals surface area contributed by atoms with Gasteiger partial charge in [0.15, 0.2) is 0 Å². The van der Waals surface area contributed by atoms with E-state index in [1.54, 1.807) is 0 Å². The smallest absolute Gasteiger partial charge is 0.336 e. The zero-order valence-corrected chi connectivity index (χ0v) is 22.7. The molecule has 0 bridgehead atoms. The van der Waals surface area contributed by atoms with Crippen LogP contribution in [-0.2, 0) is 38.1 Å². The molecule has 8 heteroatoms. The molecular formula is C27H48O8. The van der Waals surface area contributed by atoms with Gasteiger partial charge in [0.05, 0.1) is 32.3 Å². The molecule has 0 saturated carbocycles. The summed E-state index contributed by atoms with van der Waals surface area (Å²) in [5.74, 6) is -5.45. The molecule has 0 spiro atoms. The van der Waals surface area contributed by atoms with Gasteiger partial charge in [0.25, 0.3) is 5.41 Å². The monoisotopic (exact) mass is 500 g/mol. The van der Waals surface area contributed by atoms with Crippen LogP contribution in [0.3, 0.4) is 0 Å². The summed E-state index contributed by atoms with van der Waals surface area (Å²) in [6.45, 7) is 9.94. The van der Waals surface area contributed by atoms with E-state index in [1.807, 2.05) is 34.6 Å². The molecule has 0 amide bonds. The van der Waals surface area contributed by atoms with Crippen LogP contribution in [0.15, 0.2) is 0 Å². The normalized spacial score (nSPS) is 12.0. The lowest BCUT2D eigenvalue weighted by Crippen LogP contribution is -2.57. The van der Waals surface area contributed by atoms with Gasteiger partial charge in [0.1, 0.15) is 0 Å². The van der Waals surface area contributed by atoms with E-state index in [9.17, 15) is 19.2 Å². The predicted molar refractivity (Wildman–Crippen MR) is 134 cm³/mol. The molecule has 35 heavy (non-hydrogen) atoms. The van der Waals surface area contributed by atoms with E-state index in [-0.39, 0.29) is 32.8 Å². The third-order valence-corrected chi connectivity index (χ3v) is 5.80. The van der Waals surface area contributed by atoms with Gasteiger partial charge in [-0.1, -0.05) is 79.6 Å². The van der Waals surface area contributed by atoms with Gasteiger partial charge in [0, 0.05) is 0 Å². The fourth-order valence-corrected chi connectivity index (χ4v) is 3.47. The van der Waals surface area contributed by atoms with Gasteiger partial charge < -0.3 is 18.9 Å². The predicted octanol–water partition coefficient (Wildman–Crippen LogP) is 5.54. The first kappa shape index (κ1) is 32.9. The highest BCUT2D eigenvalue weighted by Gasteiger charge is 2.65. The average Bonchev–Trinajstić information content (AvgIpc) is 2.84. The second-order valence-electron chi connectivity index (χ2n) is 8.85. The summed E-state index contributed by atoms with van der Waals surface area (Å²) in [5.41, 5.74) is -2.55. The van der Waals surface area contributed by atoms with Gasteiger partial charge >= 0.3 is 23.9 Å². The third kappa shape index (κ3) is 11.0. The zero-order valence-electron chi connectivity index (χ0n) is 22.7. The van der Waals surface area contributed by atoms with Gasteiger partial charge in [-0.25, -0.2) is 0 Å². The van der Waals surface area contributed by atoms with Crippen molar-refractivity contribution in [1.82, 2.24) is 0 Å². The molecule has 0 radical (unpaired) electrons. The molecule has 0 aliphatic carbocycles. The van der Waals surface area contributed by atoms with Crippen molar-refractivity contribution in [3.05, 3.63) is 0 Å². The van der Waals surface area contributed by atoms with Gasteiger partial charge in [0.2, 0.25) is 0 Å². The Morgan fingerprint density at radius 3 is 1.20 bits per heavy atom. The lowest BCUT2D eigenvalue weighted by atomic mass is 9.72. The highest BCUT2D eigenvalue weighted by molar-refractivity contribution is 6.20. The van der Waals surface area contributed by atoms with Crippen LogP contribution in [0, 0.1) is 11.3 Å². The van der Waals surface area contributed by atoms with Crippen LogP contribution in [0.25, 0.3) is 0 Å². The quantitative estimate of drug-likeness (QED) is 0.0875. The van der Waals surface area contributed by atoms with Crippen molar-refractivity contribution in [1.29, 1.82) is 0 Å². The first-order valence-corrected chi connectivity index (χ1v) is 13.6. The molecule has 0 heterocycles. The lowest BCUT2D eigenvalue weighted by molar-refractivity contribution is -0.195. The van der Waals surface area contributed by atoms with Crippen molar-refractivity contribution in [2.24, 2.45) is 11.3 Å². The molecule has 0 aromatic carbocycles. The Hall–Kier alpha value is -2.12. The summed E-state index contributed by atoms with van der Waals surface area (Å²) in [7, 11) is 0. The first-order valence-electron chi connectivity index (χ1n) is 13.6. The van der Waals surface area contributed by atoms with E-state index in [0.29, 0.717) is 32.1 Å².